The molecule has 1 fully saturated rings. The molecule has 9 heteroatoms. The number of amides is 2. The standard InChI is InChI=1S/C23H23F3N4O2/c24-23(25,26)19-9-7-18(8-10-19)22(32)29-15-13-28(14-16-29)17-21(31)30(12-4-11-27)20-5-2-1-3-6-20/h1-3,5-10H,4,12-17H2. The molecule has 0 aromatic heterocycles. The molecule has 0 saturated carbocycles. The normalized spacial score (nSPS) is 14.6. The van der Waals surface area contributed by atoms with E-state index in [0.29, 0.717) is 32.7 Å². The first-order chi connectivity index (χ1) is 15.3. The number of nitriles is 1. The predicted molar refractivity (Wildman–Crippen MR) is 113 cm³/mol. The van der Waals surface area contributed by atoms with Crippen LogP contribution in [0.5, 0.6) is 0 Å². The number of hydrogen-bond acceptors (Lipinski definition) is 4. The van der Waals surface area contributed by atoms with Crippen molar-refractivity contribution in [1.29, 1.82) is 5.26 Å². The van der Waals surface area contributed by atoms with Crippen molar-refractivity contribution in [2.24, 2.45) is 0 Å². The average Bonchev–Trinajstić information content (AvgIpc) is 2.79. The van der Waals surface area contributed by atoms with E-state index in [0.717, 1.165) is 17.8 Å². The number of piperazine rings is 1. The van der Waals surface area contributed by atoms with Crippen molar-refractivity contribution < 1.29 is 22.8 Å². The van der Waals surface area contributed by atoms with Gasteiger partial charge in [-0.15, -0.1) is 0 Å². The summed E-state index contributed by atoms with van der Waals surface area (Å²) in [5, 5.41) is 8.90. The summed E-state index contributed by atoms with van der Waals surface area (Å²) >= 11 is 0. The quantitative estimate of drug-likeness (QED) is 0.685. The minimum Gasteiger partial charge on any atom is -0.336 e. The van der Waals surface area contributed by atoms with Gasteiger partial charge in [0.25, 0.3) is 5.91 Å². The van der Waals surface area contributed by atoms with Gasteiger partial charge in [0.15, 0.2) is 0 Å². The van der Waals surface area contributed by atoms with Gasteiger partial charge in [-0.05, 0) is 36.4 Å². The largest absolute Gasteiger partial charge is 0.416 e. The molecule has 2 aromatic carbocycles. The van der Waals surface area contributed by atoms with E-state index in [1.54, 1.807) is 9.80 Å². The van der Waals surface area contributed by atoms with Crippen LogP contribution in [0.3, 0.4) is 0 Å². The zero-order valence-electron chi connectivity index (χ0n) is 17.4. The lowest BCUT2D eigenvalue weighted by atomic mass is 10.1. The van der Waals surface area contributed by atoms with E-state index in [2.05, 4.69) is 6.07 Å². The number of anilines is 1. The van der Waals surface area contributed by atoms with E-state index < -0.39 is 11.7 Å². The maximum Gasteiger partial charge on any atom is 0.416 e. The molecule has 1 heterocycles. The minimum absolute atomic E-state index is 0.131. The van der Waals surface area contributed by atoms with Crippen molar-refractivity contribution in [1.82, 2.24) is 9.80 Å². The number of hydrogen-bond donors (Lipinski definition) is 0. The van der Waals surface area contributed by atoms with Crippen molar-refractivity contribution in [2.45, 2.75) is 12.6 Å². The molecule has 0 spiro atoms. The Labute approximate surface area is 184 Å². The highest BCUT2D eigenvalue weighted by Crippen LogP contribution is 2.29. The monoisotopic (exact) mass is 444 g/mol. The molecule has 2 amide bonds. The van der Waals surface area contributed by atoms with Crippen molar-refractivity contribution in [3.63, 3.8) is 0 Å². The van der Waals surface area contributed by atoms with Crippen LogP contribution in [0, 0.1) is 11.3 Å². The molecule has 0 bridgehead atoms. The number of carbonyl (C=O) groups excluding carboxylic acids is 2. The molecule has 168 valence electrons. The van der Waals surface area contributed by atoms with E-state index >= 15 is 0 Å². The summed E-state index contributed by atoms with van der Waals surface area (Å²) in [4.78, 5) is 30.6. The summed E-state index contributed by atoms with van der Waals surface area (Å²) in [7, 11) is 0. The van der Waals surface area contributed by atoms with E-state index in [1.165, 1.54) is 12.1 Å². The van der Waals surface area contributed by atoms with Gasteiger partial charge in [0, 0.05) is 44.0 Å². The summed E-state index contributed by atoms with van der Waals surface area (Å²) in [5.41, 5.74) is 0.134. The summed E-state index contributed by atoms with van der Waals surface area (Å²) in [6.07, 6.45) is -4.23. The third-order valence-electron chi connectivity index (χ3n) is 5.29. The molecular formula is C23H23F3N4O2. The number of rotatable bonds is 6. The lowest BCUT2D eigenvalue weighted by molar-refractivity contribution is -0.137. The van der Waals surface area contributed by atoms with Crippen LogP contribution in [-0.2, 0) is 11.0 Å². The predicted octanol–water partition coefficient (Wildman–Crippen LogP) is 3.41. The van der Waals surface area contributed by atoms with Crippen molar-refractivity contribution >= 4 is 17.5 Å². The highest BCUT2D eigenvalue weighted by molar-refractivity contribution is 5.95. The SMILES string of the molecule is N#CCCN(C(=O)CN1CCN(C(=O)c2ccc(C(F)(F)F)cc2)CC1)c1ccccc1. The van der Waals surface area contributed by atoms with Crippen LogP contribution in [-0.4, -0.2) is 60.9 Å². The maximum absolute atomic E-state index is 12.9. The van der Waals surface area contributed by atoms with Crippen LogP contribution in [0.4, 0.5) is 18.9 Å². The Kier molecular flexibility index (Phi) is 7.49. The Morgan fingerprint density at radius 3 is 2.16 bits per heavy atom. The Morgan fingerprint density at radius 2 is 1.59 bits per heavy atom. The molecule has 32 heavy (non-hydrogen) atoms. The Morgan fingerprint density at radius 1 is 0.969 bits per heavy atom. The van der Waals surface area contributed by atoms with E-state index in [1.807, 2.05) is 35.2 Å². The first-order valence-electron chi connectivity index (χ1n) is 10.2. The molecule has 3 rings (SSSR count). The molecule has 1 aliphatic heterocycles. The van der Waals surface area contributed by atoms with Crippen molar-refractivity contribution in [2.75, 3.05) is 44.2 Å². The number of carbonyl (C=O) groups is 2. The van der Waals surface area contributed by atoms with Gasteiger partial charge in [0.1, 0.15) is 0 Å². The van der Waals surface area contributed by atoms with E-state index in [-0.39, 0.29) is 30.3 Å². The van der Waals surface area contributed by atoms with Crippen molar-refractivity contribution in [3.8, 4) is 6.07 Å². The molecule has 0 N–H and O–H groups in total. The second-order valence-electron chi connectivity index (χ2n) is 7.43. The summed E-state index contributed by atoms with van der Waals surface area (Å²) in [6, 6.07) is 15.4. The molecule has 6 nitrogen and oxygen atoms in total. The maximum atomic E-state index is 12.9. The van der Waals surface area contributed by atoms with Gasteiger partial charge in [-0.2, -0.15) is 18.4 Å². The lowest BCUT2D eigenvalue weighted by Gasteiger charge is -2.35. The lowest BCUT2D eigenvalue weighted by Crippen LogP contribution is -2.51. The van der Waals surface area contributed by atoms with Gasteiger partial charge in [-0.3, -0.25) is 14.5 Å². The Bertz CT molecular complexity index is 963. The van der Waals surface area contributed by atoms with Crippen LogP contribution in [0.1, 0.15) is 22.3 Å². The fraction of sp³-hybridized carbons (Fsp3) is 0.348. The van der Waals surface area contributed by atoms with E-state index in [9.17, 15) is 22.8 Å². The van der Waals surface area contributed by atoms with Gasteiger partial charge in [0.2, 0.25) is 5.91 Å². The third-order valence-corrected chi connectivity index (χ3v) is 5.29. The smallest absolute Gasteiger partial charge is 0.336 e. The zero-order valence-corrected chi connectivity index (χ0v) is 17.4. The van der Waals surface area contributed by atoms with Crippen LogP contribution in [0.2, 0.25) is 0 Å². The molecule has 0 aliphatic carbocycles. The first-order valence-corrected chi connectivity index (χ1v) is 10.2. The summed E-state index contributed by atoms with van der Waals surface area (Å²) in [5.74, 6) is -0.460. The molecule has 0 unspecified atom stereocenters. The Hall–Kier alpha value is -3.38. The molecule has 1 saturated heterocycles. The van der Waals surface area contributed by atoms with Gasteiger partial charge in [-0.25, -0.2) is 0 Å². The van der Waals surface area contributed by atoms with Gasteiger partial charge < -0.3 is 9.80 Å². The van der Waals surface area contributed by atoms with Crippen molar-refractivity contribution in [3.05, 3.63) is 65.7 Å². The van der Waals surface area contributed by atoms with Crippen LogP contribution >= 0.6 is 0 Å². The van der Waals surface area contributed by atoms with Gasteiger partial charge in [0.05, 0.1) is 24.6 Å². The topological polar surface area (TPSA) is 67.7 Å². The number of benzene rings is 2. The highest BCUT2D eigenvalue weighted by Gasteiger charge is 2.31. The number of para-hydroxylation sites is 1. The van der Waals surface area contributed by atoms with Crippen LogP contribution in [0.25, 0.3) is 0 Å². The number of halogens is 3. The van der Waals surface area contributed by atoms with Gasteiger partial charge in [-0.1, -0.05) is 18.2 Å². The fourth-order valence-electron chi connectivity index (χ4n) is 3.54. The average molecular weight is 444 g/mol. The highest BCUT2D eigenvalue weighted by atomic mass is 19.4. The second-order valence-corrected chi connectivity index (χ2v) is 7.43. The minimum atomic E-state index is -4.44. The Balaban J connectivity index is 1.56. The molecular weight excluding hydrogens is 421 g/mol. The first kappa shape index (κ1) is 23.3. The zero-order chi connectivity index (χ0) is 23.1. The summed E-state index contributed by atoms with van der Waals surface area (Å²) in [6.45, 7) is 2.14. The van der Waals surface area contributed by atoms with Crippen LogP contribution < -0.4 is 4.90 Å². The second kappa shape index (κ2) is 10.3. The number of nitrogens with zero attached hydrogens (tertiary/aromatic N) is 4. The van der Waals surface area contributed by atoms with Gasteiger partial charge >= 0.3 is 6.18 Å². The third kappa shape index (κ3) is 5.86. The van der Waals surface area contributed by atoms with Crippen LogP contribution in [0.15, 0.2) is 54.6 Å². The molecule has 0 atom stereocenters. The molecule has 2 aromatic rings. The molecule has 0 radical (unpaired) electrons. The summed E-state index contributed by atoms with van der Waals surface area (Å²) < 4.78 is 38.1. The number of alkyl halides is 3. The molecule has 1 aliphatic rings. The van der Waals surface area contributed by atoms with E-state index in [4.69, 9.17) is 5.26 Å². The fourth-order valence-corrected chi connectivity index (χ4v) is 3.54.